The SMILES string of the molecule is Cc1nc(CC(=O)N(C)CCC[C@H]2C(=O)N(C)CCCCC3(CCN(C(=O)OC(C)(C)C)CC3)COCC(=O)N2C)cs1. The number of rotatable bonds is 6. The van der Waals surface area contributed by atoms with Crippen LogP contribution >= 0.6 is 11.3 Å². The molecule has 0 saturated carbocycles. The lowest BCUT2D eigenvalue weighted by Crippen LogP contribution is -2.50. The molecule has 0 aliphatic carbocycles. The minimum absolute atomic E-state index is 0.0209. The van der Waals surface area contributed by atoms with E-state index in [1.165, 1.54) is 16.2 Å². The smallest absolute Gasteiger partial charge is 0.410 e. The van der Waals surface area contributed by atoms with E-state index in [1.54, 1.807) is 35.8 Å². The maximum absolute atomic E-state index is 13.5. The molecule has 12 heteroatoms. The van der Waals surface area contributed by atoms with Crippen LogP contribution in [0.3, 0.4) is 0 Å². The predicted octanol–water partition coefficient (Wildman–Crippen LogP) is 3.74. The maximum atomic E-state index is 13.5. The highest BCUT2D eigenvalue weighted by molar-refractivity contribution is 7.09. The number of hydrogen-bond donors (Lipinski definition) is 0. The lowest BCUT2D eigenvalue weighted by Gasteiger charge is -2.42. The van der Waals surface area contributed by atoms with Gasteiger partial charge >= 0.3 is 6.09 Å². The summed E-state index contributed by atoms with van der Waals surface area (Å²) in [5, 5.41) is 2.84. The molecule has 0 unspecified atom stereocenters. The van der Waals surface area contributed by atoms with Gasteiger partial charge in [-0.2, -0.15) is 0 Å². The fraction of sp³-hybridized carbons (Fsp3) is 0.774. The van der Waals surface area contributed by atoms with Crippen LogP contribution in [0.4, 0.5) is 4.79 Å². The lowest BCUT2D eigenvalue weighted by molar-refractivity contribution is -0.147. The molecule has 43 heavy (non-hydrogen) atoms. The van der Waals surface area contributed by atoms with Crippen LogP contribution in [0.15, 0.2) is 5.38 Å². The Bertz CT molecular complexity index is 1110. The molecule has 1 aromatic heterocycles. The Morgan fingerprint density at radius 2 is 1.84 bits per heavy atom. The minimum atomic E-state index is -0.627. The van der Waals surface area contributed by atoms with Gasteiger partial charge in [-0.3, -0.25) is 14.4 Å². The largest absolute Gasteiger partial charge is 0.444 e. The van der Waals surface area contributed by atoms with E-state index < -0.39 is 11.6 Å². The van der Waals surface area contributed by atoms with Crippen LogP contribution in [0.2, 0.25) is 0 Å². The average molecular weight is 622 g/mol. The third-order valence-corrected chi connectivity index (χ3v) is 9.30. The molecule has 0 bridgehead atoms. The molecule has 0 aromatic carbocycles. The van der Waals surface area contributed by atoms with E-state index in [1.807, 2.05) is 33.1 Å². The Hall–Kier alpha value is -2.73. The highest BCUT2D eigenvalue weighted by atomic mass is 32.1. The first-order valence-corrected chi connectivity index (χ1v) is 16.3. The Morgan fingerprint density at radius 3 is 2.47 bits per heavy atom. The molecule has 0 N–H and O–H groups in total. The number of hydrogen-bond acceptors (Lipinski definition) is 8. The standard InChI is InChI=1S/C31H51N5O6S/c1-23-32-24(21-43-23)19-26(37)33(5)16-10-11-25-28(39)34(6)15-9-8-12-31(22-41-20-27(38)35(25)7)13-17-36(18-14-31)29(40)42-30(2,3)4/h21,25H,8-20,22H2,1-7H3/t25-/m0/s1. The number of amides is 4. The number of likely N-dealkylation sites (tertiary alicyclic amines) is 1. The minimum Gasteiger partial charge on any atom is -0.444 e. The van der Waals surface area contributed by atoms with Gasteiger partial charge in [0.1, 0.15) is 18.2 Å². The van der Waals surface area contributed by atoms with Gasteiger partial charge in [0.05, 0.1) is 23.7 Å². The summed E-state index contributed by atoms with van der Waals surface area (Å²) < 4.78 is 11.6. The number of carbonyl (C=O) groups excluding carboxylic acids is 4. The van der Waals surface area contributed by atoms with Crippen molar-refractivity contribution >= 4 is 35.2 Å². The van der Waals surface area contributed by atoms with Gasteiger partial charge < -0.3 is 29.1 Å². The second-order valence-corrected chi connectivity index (χ2v) is 14.3. The fourth-order valence-corrected chi connectivity index (χ4v) is 6.32. The highest BCUT2D eigenvalue weighted by Gasteiger charge is 2.38. The van der Waals surface area contributed by atoms with Crippen LogP contribution in [-0.2, 0) is 30.3 Å². The van der Waals surface area contributed by atoms with Crippen molar-refractivity contribution < 1.29 is 28.7 Å². The Morgan fingerprint density at radius 1 is 1.14 bits per heavy atom. The maximum Gasteiger partial charge on any atom is 0.410 e. The number of ether oxygens (including phenoxy) is 2. The van der Waals surface area contributed by atoms with Crippen molar-refractivity contribution in [3.63, 3.8) is 0 Å². The summed E-state index contributed by atoms with van der Waals surface area (Å²) in [6.45, 7) is 10.1. The number of likely N-dealkylation sites (N-methyl/N-ethyl adjacent to an activating group) is 3. The quantitative estimate of drug-likeness (QED) is 0.476. The molecule has 3 heterocycles. The molecular formula is C31H51N5O6S. The first kappa shape index (κ1) is 34.8. The van der Waals surface area contributed by atoms with Crippen LogP contribution in [0.1, 0.15) is 76.4 Å². The molecule has 1 atom stereocenters. The second kappa shape index (κ2) is 15.3. The van der Waals surface area contributed by atoms with Gasteiger partial charge in [-0.1, -0.05) is 6.42 Å². The van der Waals surface area contributed by atoms with Gasteiger partial charge in [0.25, 0.3) is 0 Å². The first-order chi connectivity index (χ1) is 20.2. The van der Waals surface area contributed by atoms with Gasteiger partial charge in [-0.15, -0.1) is 11.3 Å². The number of aryl methyl sites for hydroxylation is 1. The van der Waals surface area contributed by atoms with Gasteiger partial charge in [0.2, 0.25) is 17.7 Å². The molecule has 1 aromatic rings. The molecule has 3 rings (SSSR count). The summed E-state index contributed by atoms with van der Waals surface area (Å²) in [5.74, 6) is -0.356. The molecule has 2 aliphatic heterocycles. The van der Waals surface area contributed by atoms with E-state index in [0.717, 1.165) is 42.8 Å². The molecule has 1 spiro atoms. The Kier molecular flexibility index (Phi) is 12.4. The van der Waals surface area contributed by atoms with Crippen molar-refractivity contribution in [3.05, 3.63) is 16.1 Å². The summed E-state index contributed by atoms with van der Waals surface area (Å²) in [4.78, 5) is 63.0. The van der Waals surface area contributed by atoms with Crippen LogP contribution in [-0.4, -0.2) is 121 Å². The highest BCUT2D eigenvalue weighted by Crippen LogP contribution is 2.37. The van der Waals surface area contributed by atoms with E-state index in [0.29, 0.717) is 45.6 Å². The van der Waals surface area contributed by atoms with Gasteiger partial charge in [0, 0.05) is 52.7 Å². The third-order valence-electron chi connectivity index (χ3n) is 8.48. The fourth-order valence-electron chi connectivity index (χ4n) is 5.71. The molecule has 4 amide bonds. The summed E-state index contributed by atoms with van der Waals surface area (Å²) in [7, 11) is 5.22. The van der Waals surface area contributed by atoms with Gasteiger partial charge in [0.15, 0.2) is 0 Å². The van der Waals surface area contributed by atoms with Gasteiger partial charge in [-0.25, -0.2) is 9.78 Å². The van der Waals surface area contributed by atoms with E-state index in [-0.39, 0.29) is 42.3 Å². The zero-order valence-electron chi connectivity index (χ0n) is 27.1. The van der Waals surface area contributed by atoms with Crippen molar-refractivity contribution in [1.29, 1.82) is 0 Å². The summed E-state index contributed by atoms with van der Waals surface area (Å²) in [6, 6.07) is -0.627. The van der Waals surface area contributed by atoms with Gasteiger partial charge in [-0.05, 0) is 71.6 Å². The number of nitrogens with zero attached hydrogens (tertiary/aromatic N) is 5. The van der Waals surface area contributed by atoms with E-state index in [4.69, 9.17) is 9.47 Å². The molecule has 242 valence electrons. The van der Waals surface area contributed by atoms with E-state index >= 15 is 0 Å². The van der Waals surface area contributed by atoms with Crippen molar-refractivity contribution in [1.82, 2.24) is 24.6 Å². The molecule has 0 radical (unpaired) electrons. The van der Waals surface area contributed by atoms with Crippen molar-refractivity contribution in [2.75, 3.05) is 60.5 Å². The van der Waals surface area contributed by atoms with Crippen molar-refractivity contribution in [3.8, 4) is 0 Å². The monoisotopic (exact) mass is 621 g/mol. The molecule has 2 fully saturated rings. The van der Waals surface area contributed by atoms with Crippen LogP contribution in [0.5, 0.6) is 0 Å². The number of carbonyl (C=O) groups is 4. The summed E-state index contributed by atoms with van der Waals surface area (Å²) >= 11 is 1.52. The second-order valence-electron chi connectivity index (χ2n) is 13.2. The molecular weight excluding hydrogens is 570 g/mol. The number of thiazole rings is 1. The Balaban J connectivity index is 1.57. The van der Waals surface area contributed by atoms with E-state index in [2.05, 4.69) is 4.98 Å². The lowest BCUT2D eigenvalue weighted by atomic mass is 9.75. The molecule has 2 aliphatic rings. The zero-order valence-corrected chi connectivity index (χ0v) is 28.0. The summed E-state index contributed by atoms with van der Waals surface area (Å²) in [5.41, 5.74) is 0.109. The number of aromatic nitrogens is 1. The molecule has 11 nitrogen and oxygen atoms in total. The van der Waals surface area contributed by atoms with Crippen LogP contribution in [0.25, 0.3) is 0 Å². The topological polar surface area (TPSA) is 113 Å². The normalized spacial score (nSPS) is 20.8. The Labute approximate surface area is 260 Å². The zero-order chi connectivity index (χ0) is 31.8. The van der Waals surface area contributed by atoms with E-state index in [9.17, 15) is 19.2 Å². The number of piperidine rings is 1. The van der Waals surface area contributed by atoms with Crippen LogP contribution < -0.4 is 0 Å². The average Bonchev–Trinajstić information content (AvgIpc) is 3.35. The van der Waals surface area contributed by atoms with Crippen LogP contribution in [0, 0.1) is 12.3 Å². The van der Waals surface area contributed by atoms with Crippen molar-refractivity contribution in [2.45, 2.75) is 90.7 Å². The predicted molar refractivity (Wildman–Crippen MR) is 166 cm³/mol. The third kappa shape index (κ3) is 10.4. The first-order valence-electron chi connectivity index (χ1n) is 15.4. The van der Waals surface area contributed by atoms with Crippen molar-refractivity contribution in [2.24, 2.45) is 5.41 Å². The molecule has 2 saturated heterocycles. The summed E-state index contributed by atoms with van der Waals surface area (Å²) in [6.07, 6.45) is 5.23.